The van der Waals surface area contributed by atoms with Gasteiger partial charge in [-0.2, -0.15) is 0 Å². The minimum absolute atomic E-state index is 0.0318. The molecule has 31 heavy (non-hydrogen) atoms. The first-order valence-electron chi connectivity index (χ1n) is 11.6. The van der Waals surface area contributed by atoms with Gasteiger partial charge in [-0.15, -0.1) is 10.1 Å². The van der Waals surface area contributed by atoms with Crippen LogP contribution in [-0.2, 0) is 19.2 Å². The molecule has 0 amide bonds. The second kappa shape index (κ2) is 7.02. The van der Waals surface area contributed by atoms with Crippen molar-refractivity contribution in [3.63, 3.8) is 0 Å². The van der Waals surface area contributed by atoms with Crippen molar-refractivity contribution in [1.82, 2.24) is 0 Å². The maximum Gasteiger partial charge on any atom is 0.331 e. The van der Waals surface area contributed by atoms with Gasteiger partial charge in [0, 0.05) is 16.9 Å². The van der Waals surface area contributed by atoms with Crippen LogP contribution in [-0.4, -0.2) is 40.8 Å². The van der Waals surface area contributed by atoms with E-state index in [0.717, 1.165) is 44.0 Å². The number of esters is 1. The summed E-state index contributed by atoms with van der Waals surface area (Å²) in [4.78, 5) is 39.9. The number of hydrogen-bond donors (Lipinski definition) is 1. The summed E-state index contributed by atoms with van der Waals surface area (Å²) in [6.45, 7) is 2.48. The number of ether oxygens (including phenoxy) is 1. The van der Waals surface area contributed by atoms with Crippen LogP contribution in [0.1, 0.15) is 64.7 Å². The molecular formula is C23H31NO7. The van der Waals surface area contributed by atoms with E-state index in [9.17, 15) is 24.8 Å². The highest BCUT2D eigenvalue weighted by atomic mass is 17.0. The quantitative estimate of drug-likeness (QED) is 0.313. The first kappa shape index (κ1) is 20.9. The molecule has 5 aliphatic rings. The summed E-state index contributed by atoms with van der Waals surface area (Å²) in [6.07, 6.45) is 8.68. The zero-order chi connectivity index (χ0) is 22.0. The third-order valence-electron chi connectivity index (χ3n) is 9.96. The van der Waals surface area contributed by atoms with Crippen LogP contribution in [0, 0.1) is 44.6 Å². The summed E-state index contributed by atoms with van der Waals surface area (Å²) in [5, 5.41) is 22.2. The zero-order valence-electron chi connectivity index (χ0n) is 18.0. The maximum atomic E-state index is 12.6. The smallest absolute Gasteiger partial charge is 0.331 e. The van der Waals surface area contributed by atoms with E-state index in [1.54, 1.807) is 6.08 Å². The molecule has 8 nitrogen and oxygen atoms in total. The summed E-state index contributed by atoms with van der Waals surface area (Å²) < 4.78 is 5.16. The van der Waals surface area contributed by atoms with Gasteiger partial charge in [-0.05, 0) is 87.0 Å². The number of aliphatic hydroxyl groups is 1. The standard InChI is InChI=1S/C23H31NO7/c1-21-7-5-18-19(23(21,27)9-6-17(21)14-10-20(26)30-12-14)3-2-15-11-16(31-24(28)29)4-8-22(15,18)13-25/h10,13,15-19,27H,2-9,11-12H2,1H3. The van der Waals surface area contributed by atoms with Crippen molar-refractivity contribution in [2.24, 2.45) is 34.5 Å². The van der Waals surface area contributed by atoms with Crippen LogP contribution in [0.25, 0.3) is 0 Å². The van der Waals surface area contributed by atoms with Crippen molar-refractivity contribution < 1.29 is 29.4 Å². The number of aldehydes is 1. The van der Waals surface area contributed by atoms with Gasteiger partial charge in [-0.25, -0.2) is 4.79 Å². The van der Waals surface area contributed by atoms with Crippen LogP contribution in [0.3, 0.4) is 0 Å². The second-order valence-electron chi connectivity index (χ2n) is 10.7. The molecule has 4 aliphatic carbocycles. The van der Waals surface area contributed by atoms with E-state index in [4.69, 9.17) is 9.57 Å². The predicted octanol–water partition coefficient (Wildman–Crippen LogP) is 3.00. The largest absolute Gasteiger partial charge is 0.458 e. The van der Waals surface area contributed by atoms with Crippen LogP contribution in [0.4, 0.5) is 0 Å². The van der Waals surface area contributed by atoms with Crippen molar-refractivity contribution in [2.75, 3.05) is 6.61 Å². The number of nitrogens with zero attached hydrogens (tertiary/aromatic N) is 1. The highest BCUT2D eigenvalue weighted by Gasteiger charge is 2.68. The Bertz CT molecular complexity index is 842. The monoisotopic (exact) mass is 433 g/mol. The van der Waals surface area contributed by atoms with Gasteiger partial charge >= 0.3 is 5.97 Å². The number of carbonyl (C=O) groups excluding carboxylic acids is 2. The molecule has 1 N–H and O–H groups in total. The van der Waals surface area contributed by atoms with Crippen molar-refractivity contribution in [3.8, 4) is 0 Å². The molecule has 4 fully saturated rings. The Kier molecular flexibility index (Phi) is 4.74. The first-order valence-corrected chi connectivity index (χ1v) is 11.6. The summed E-state index contributed by atoms with van der Waals surface area (Å²) in [5.41, 5.74) is -0.739. The average Bonchev–Trinajstić information content (AvgIpc) is 3.27. The SMILES string of the molecule is CC12CCC3C(CCC4CC(O[N+](=O)[O-])CCC43C=O)C1(O)CCC2C1=CC(=O)OC1. The van der Waals surface area contributed by atoms with Crippen molar-refractivity contribution in [1.29, 1.82) is 0 Å². The van der Waals surface area contributed by atoms with Gasteiger partial charge in [0.1, 0.15) is 19.0 Å². The molecule has 4 saturated carbocycles. The lowest BCUT2D eigenvalue weighted by Gasteiger charge is -2.63. The molecule has 0 aromatic carbocycles. The molecule has 0 radical (unpaired) electrons. The molecule has 0 saturated heterocycles. The number of cyclic esters (lactones) is 1. The second-order valence-corrected chi connectivity index (χ2v) is 10.7. The molecule has 8 heteroatoms. The molecule has 8 atom stereocenters. The van der Waals surface area contributed by atoms with Crippen molar-refractivity contribution in [3.05, 3.63) is 21.8 Å². The Morgan fingerprint density at radius 1 is 1.19 bits per heavy atom. The van der Waals surface area contributed by atoms with E-state index in [1.807, 2.05) is 0 Å². The Hall–Kier alpha value is -1.96. The van der Waals surface area contributed by atoms with E-state index < -0.39 is 22.2 Å². The number of fused-ring (bicyclic) bond motifs is 5. The highest BCUT2D eigenvalue weighted by molar-refractivity contribution is 5.85. The van der Waals surface area contributed by atoms with Crippen LogP contribution < -0.4 is 0 Å². The summed E-state index contributed by atoms with van der Waals surface area (Å²) in [7, 11) is 0. The molecule has 0 bridgehead atoms. The van der Waals surface area contributed by atoms with Gasteiger partial charge in [-0.1, -0.05) is 6.92 Å². The van der Waals surface area contributed by atoms with Crippen LogP contribution in [0.5, 0.6) is 0 Å². The van der Waals surface area contributed by atoms with Gasteiger partial charge in [0.05, 0.1) is 5.60 Å². The number of hydrogen-bond acceptors (Lipinski definition) is 7. The van der Waals surface area contributed by atoms with E-state index >= 15 is 0 Å². The van der Waals surface area contributed by atoms with E-state index in [1.165, 1.54) is 0 Å². The molecule has 0 spiro atoms. The lowest BCUT2D eigenvalue weighted by molar-refractivity contribution is -0.769. The van der Waals surface area contributed by atoms with Gasteiger partial charge in [-0.3, -0.25) is 0 Å². The molecule has 0 aromatic heterocycles. The zero-order valence-corrected chi connectivity index (χ0v) is 18.0. The summed E-state index contributed by atoms with van der Waals surface area (Å²) in [6, 6.07) is 0. The molecule has 1 aliphatic heterocycles. The molecule has 1 heterocycles. The van der Waals surface area contributed by atoms with Gasteiger partial charge < -0.3 is 19.5 Å². The molecule has 8 unspecified atom stereocenters. The fraction of sp³-hybridized carbons (Fsp3) is 0.826. The van der Waals surface area contributed by atoms with Crippen molar-refractivity contribution in [2.45, 2.75) is 76.4 Å². The third kappa shape index (κ3) is 2.82. The number of rotatable bonds is 4. The van der Waals surface area contributed by atoms with Gasteiger partial charge in [0.2, 0.25) is 0 Å². The average molecular weight is 434 g/mol. The van der Waals surface area contributed by atoms with E-state index in [-0.39, 0.29) is 35.1 Å². The van der Waals surface area contributed by atoms with Gasteiger partial charge in [0.15, 0.2) is 0 Å². The van der Waals surface area contributed by atoms with E-state index in [0.29, 0.717) is 32.3 Å². The fourth-order valence-electron chi connectivity index (χ4n) is 8.51. The van der Waals surface area contributed by atoms with Gasteiger partial charge in [0.25, 0.3) is 5.09 Å². The van der Waals surface area contributed by atoms with E-state index in [2.05, 4.69) is 6.92 Å². The lowest BCUT2D eigenvalue weighted by atomic mass is 9.43. The summed E-state index contributed by atoms with van der Waals surface area (Å²) >= 11 is 0. The normalized spacial score (nSPS) is 48.6. The lowest BCUT2D eigenvalue weighted by Crippen LogP contribution is -2.63. The highest BCUT2D eigenvalue weighted by Crippen LogP contribution is 2.69. The minimum atomic E-state index is -0.873. The van der Waals surface area contributed by atoms with Crippen LogP contribution >= 0.6 is 0 Å². The third-order valence-corrected chi connectivity index (χ3v) is 9.96. The fourth-order valence-corrected chi connectivity index (χ4v) is 8.51. The molecule has 5 rings (SSSR count). The minimum Gasteiger partial charge on any atom is -0.458 e. The van der Waals surface area contributed by atoms with Crippen LogP contribution in [0.15, 0.2) is 11.6 Å². The Labute approximate surface area is 181 Å². The maximum absolute atomic E-state index is 12.6. The molecular weight excluding hydrogens is 402 g/mol. The first-order chi connectivity index (χ1) is 14.7. The van der Waals surface area contributed by atoms with Crippen LogP contribution in [0.2, 0.25) is 0 Å². The Morgan fingerprint density at radius 3 is 2.68 bits per heavy atom. The summed E-state index contributed by atoms with van der Waals surface area (Å²) in [5.74, 6) is 0.0198. The van der Waals surface area contributed by atoms with Crippen molar-refractivity contribution >= 4 is 12.3 Å². The number of carbonyl (C=O) groups is 2. The molecule has 170 valence electrons. The molecule has 0 aromatic rings. The topological polar surface area (TPSA) is 116 Å². The predicted molar refractivity (Wildman–Crippen MR) is 108 cm³/mol. The Balaban J connectivity index is 1.43. The Morgan fingerprint density at radius 2 is 2.00 bits per heavy atom.